The third-order valence-electron chi connectivity index (χ3n) is 5.06. The molecule has 4 heteroatoms. The van der Waals surface area contributed by atoms with Crippen molar-refractivity contribution in [2.75, 3.05) is 26.3 Å². The summed E-state index contributed by atoms with van der Waals surface area (Å²) in [5.41, 5.74) is 2.21. The maximum absolute atomic E-state index is 12.9. The van der Waals surface area contributed by atoms with Crippen molar-refractivity contribution in [2.45, 2.75) is 18.9 Å². The first kappa shape index (κ1) is 16.2. The first-order valence-electron chi connectivity index (χ1n) is 8.93. The minimum absolute atomic E-state index is 0.153. The number of fused-ring (bicyclic) bond motifs is 1. The zero-order chi connectivity index (χ0) is 17.1. The lowest BCUT2D eigenvalue weighted by Gasteiger charge is -2.20. The van der Waals surface area contributed by atoms with Crippen molar-refractivity contribution in [3.05, 3.63) is 65.7 Å². The Morgan fingerprint density at radius 2 is 1.92 bits per heavy atom. The first-order valence-corrected chi connectivity index (χ1v) is 8.93. The van der Waals surface area contributed by atoms with Crippen LogP contribution in [0.1, 0.15) is 23.5 Å². The third kappa shape index (κ3) is 3.54. The van der Waals surface area contributed by atoms with E-state index in [0.29, 0.717) is 25.7 Å². The van der Waals surface area contributed by atoms with Gasteiger partial charge in [0, 0.05) is 24.6 Å². The fourth-order valence-corrected chi connectivity index (χ4v) is 3.67. The molecule has 0 N–H and O–H groups in total. The van der Waals surface area contributed by atoms with Crippen molar-refractivity contribution in [3.63, 3.8) is 0 Å². The molecule has 0 saturated carbocycles. The average Bonchev–Trinajstić information content (AvgIpc) is 3.29. The van der Waals surface area contributed by atoms with Gasteiger partial charge in [0.15, 0.2) is 0 Å². The molecule has 130 valence electrons. The summed E-state index contributed by atoms with van der Waals surface area (Å²) in [6.45, 7) is 3.40. The smallest absolute Gasteiger partial charge is 0.233 e. The molecule has 0 aliphatic carbocycles. The highest BCUT2D eigenvalue weighted by molar-refractivity contribution is 5.85. The summed E-state index contributed by atoms with van der Waals surface area (Å²) >= 11 is 0. The standard InChI is InChI=1S/C21H23NO3/c23-21(19-15-25-20-9-5-4-8-18(19)20)22-11-10-17(12-22)14-24-13-16-6-2-1-3-7-16/h1-9,17,19H,10-15H2/t17-,19+/m0/s1. The van der Waals surface area contributed by atoms with Crippen molar-refractivity contribution in [1.29, 1.82) is 0 Å². The Bertz CT molecular complexity index is 731. The van der Waals surface area contributed by atoms with Crippen LogP contribution in [0.5, 0.6) is 5.75 Å². The Balaban J connectivity index is 1.28. The zero-order valence-corrected chi connectivity index (χ0v) is 14.3. The van der Waals surface area contributed by atoms with Gasteiger partial charge in [0.25, 0.3) is 0 Å². The summed E-state index contributed by atoms with van der Waals surface area (Å²) in [6.07, 6.45) is 1.01. The largest absolute Gasteiger partial charge is 0.492 e. The second kappa shape index (κ2) is 7.28. The average molecular weight is 337 g/mol. The van der Waals surface area contributed by atoms with Crippen molar-refractivity contribution in [1.82, 2.24) is 4.90 Å². The molecule has 0 aromatic heterocycles. The molecular formula is C21H23NO3. The molecule has 0 spiro atoms. The van der Waals surface area contributed by atoms with Gasteiger partial charge in [-0.15, -0.1) is 0 Å². The number of rotatable bonds is 5. The van der Waals surface area contributed by atoms with Crippen molar-refractivity contribution in [3.8, 4) is 5.75 Å². The highest BCUT2D eigenvalue weighted by Gasteiger charge is 2.36. The Labute approximate surface area is 148 Å². The Kier molecular flexibility index (Phi) is 4.70. The number of nitrogens with zero attached hydrogens (tertiary/aromatic N) is 1. The summed E-state index contributed by atoms with van der Waals surface area (Å²) in [6, 6.07) is 18.1. The highest BCUT2D eigenvalue weighted by atomic mass is 16.5. The van der Waals surface area contributed by atoms with Gasteiger partial charge in [-0.25, -0.2) is 0 Å². The lowest BCUT2D eigenvalue weighted by Crippen LogP contribution is -2.34. The quantitative estimate of drug-likeness (QED) is 0.841. The lowest BCUT2D eigenvalue weighted by atomic mass is 10.00. The van der Waals surface area contributed by atoms with E-state index in [0.717, 1.165) is 30.8 Å². The number of hydrogen-bond donors (Lipinski definition) is 0. The van der Waals surface area contributed by atoms with E-state index in [1.54, 1.807) is 0 Å². The predicted molar refractivity (Wildman–Crippen MR) is 95.5 cm³/mol. The summed E-state index contributed by atoms with van der Waals surface area (Å²) in [5.74, 6) is 1.31. The number of ether oxygens (including phenoxy) is 2. The van der Waals surface area contributed by atoms with E-state index in [2.05, 4.69) is 12.1 Å². The number of para-hydroxylation sites is 1. The molecule has 25 heavy (non-hydrogen) atoms. The monoisotopic (exact) mass is 337 g/mol. The van der Waals surface area contributed by atoms with Gasteiger partial charge in [-0.1, -0.05) is 48.5 Å². The first-order chi connectivity index (χ1) is 12.3. The number of hydrogen-bond acceptors (Lipinski definition) is 3. The molecule has 2 aromatic carbocycles. The molecule has 2 heterocycles. The Morgan fingerprint density at radius 1 is 1.12 bits per heavy atom. The van der Waals surface area contributed by atoms with Crippen LogP contribution in [0.15, 0.2) is 54.6 Å². The van der Waals surface area contributed by atoms with Crippen LogP contribution in [0, 0.1) is 5.92 Å². The van der Waals surface area contributed by atoms with Crippen LogP contribution < -0.4 is 4.74 Å². The summed E-state index contributed by atoms with van der Waals surface area (Å²) in [5, 5.41) is 0. The minimum atomic E-state index is -0.153. The molecule has 0 bridgehead atoms. The van der Waals surface area contributed by atoms with Gasteiger partial charge >= 0.3 is 0 Å². The Morgan fingerprint density at radius 3 is 2.80 bits per heavy atom. The van der Waals surface area contributed by atoms with Gasteiger partial charge in [-0.2, -0.15) is 0 Å². The van der Waals surface area contributed by atoms with Gasteiger partial charge in [0.2, 0.25) is 5.91 Å². The molecular weight excluding hydrogens is 314 g/mol. The van der Waals surface area contributed by atoms with Crippen molar-refractivity contribution in [2.24, 2.45) is 5.92 Å². The molecule has 4 rings (SSSR count). The second-order valence-electron chi connectivity index (χ2n) is 6.84. The molecule has 1 saturated heterocycles. The topological polar surface area (TPSA) is 38.8 Å². The molecule has 0 radical (unpaired) electrons. The molecule has 1 fully saturated rings. The van der Waals surface area contributed by atoms with Gasteiger partial charge in [0.1, 0.15) is 18.3 Å². The van der Waals surface area contributed by atoms with Crippen LogP contribution >= 0.6 is 0 Å². The molecule has 2 aliphatic heterocycles. The second-order valence-corrected chi connectivity index (χ2v) is 6.84. The number of likely N-dealkylation sites (tertiary alicyclic amines) is 1. The predicted octanol–water partition coefficient (Wildman–Crippen LogP) is 3.23. The van der Waals surface area contributed by atoms with E-state index in [9.17, 15) is 4.79 Å². The van der Waals surface area contributed by atoms with E-state index < -0.39 is 0 Å². The fraction of sp³-hybridized carbons (Fsp3) is 0.381. The number of carbonyl (C=O) groups is 1. The fourth-order valence-electron chi connectivity index (χ4n) is 3.67. The van der Waals surface area contributed by atoms with Gasteiger partial charge < -0.3 is 14.4 Å². The minimum Gasteiger partial charge on any atom is -0.492 e. The summed E-state index contributed by atoms with van der Waals surface area (Å²) in [4.78, 5) is 14.8. The summed E-state index contributed by atoms with van der Waals surface area (Å²) in [7, 11) is 0. The van der Waals surface area contributed by atoms with E-state index in [-0.39, 0.29) is 11.8 Å². The van der Waals surface area contributed by atoms with Crippen LogP contribution in [0.3, 0.4) is 0 Å². The molecule has 0 unspecified atom stereocenters. The maximum Gasteiger partial charge on any atom is 0.233 e. The molecule has 4 nitrogen and oxygen atoms in total. The number of benzene rings is 2. The van der Waals surface area contributed by atoms with Crippen molar-refractivity contribution < 1.29 is 14.3 Å². The number of amides is 1. The third-order valence-corrected chi connectivity index (χ3v) is 5.06. The summed E-state index contributed by atoms with van der Waals surface area (Å²) < 4.78 is 11.5. The van der Waals surface area contributed by atoms with E-state index in [1.165, 1.54) is 5.56 Å². The van der Waals surface area contributed by atoms with Gasteiger partial charge in [0.05, 0.1) is 13.2 Å². The molecule has 2 atom stereocenters. The SMILES string of the molecule is O=C([C@@H]1COc2ccccc21)N1CC[C@H](COCc2ccccc2)C1. The zero-order valence-electron chi connectivity index (χ0n) is 14.3. The van der Waals surface area contributed by atoms with Crippen molar-refractivity contribution >= 4 is 5.91 Å². The Hall–Kier alpha value is -2.33. The lowest BCUT2D eigenvalue weighted by molar-refractivity contribution is -0.132. The van der Waals surface area contributed by atoms with E-state index >= 15 is 0 Å². The van der Waals surface area contributed by atoms with Gasteiger partial charge in [-0.05, 0) is 18.1 Å². The van der Waals surface area contributed by atoms with E-state index in [4.69, 9.17) is 9.47 Å². The van der Waals surface area contributed by atoms with Crippen LogP contribution in [0.2, 0.25) is 0 Å². The molecule has 1 amide bonds. The van der Waals surface area contributed by atoms with Crippen LogP contribution in [-0.4, -0.2) is 37.1 Å². The maximum atomic E-state index is 12.9. The highest BCUT2D eigenvalue weighted by Crippen LogP contribution is 2.35. The normalized spacial score (nSPS) is 21.8. The van der Waals surface area contributed by atoms with E-state index in [1.807, 2.05) is 47.4 Å². The van der Waals surface area contributed by atoms with Crippen LogP contribution in [0.25, 0.3) is 0 Å². The van der Waals surface area contributed by atoms with Crippen LogP contribution in [0.4, 0.5) is 0 Å². The molecule has 2 aromatic rings. The molecule has 2 aliphatic rings. The van der Waals surface area contributed by atoms with Crippen LogP contribution in [-0.2, 0) is 16.1 Å². The number of carbonyl (C=O) groups excluding carboxylic acids is 1. The van der Waals surface area contributed by atoms with Gasteiger partial charge in [-0.3, -0.25) is 4.79 Å².